The van der Waals surface area contributed by atoms with Crippen molar-refractivity contribution in [3.8, 4) is 5.75 Å². The lowest BCUT2D eigenvalue weighted by atomic mass is 9.70. The molecule has 1 atom stereocenters. The van der Waals surface area contributed by atoms with Gasteiger partial charge in [0.15, 0.2) is 5.60 Å². The molecule has 4 aromatic carbocycles. The van der Waals surface area contributed by atoms with Gasteiger partial charge in [-0.2, -0.15) is 0 Å². The summed E-state index contributed by atoms with van der Waals surface area (Å²) in [4.78, 5) is 12.9. The van der Waals surface area contributed by atoms with Gasteiger partial charge in [-0.05, 0) is 24.6 Å². The molecular formula is C30H26O3. The summed E-state index contributed by atoms with van der Waals surface area (Å²) in [7, 11) is 0. The molecule has 3 heteroatoms. The summed E-state index contributed by atoms with van der Waals surface area (Å²) in [5, 5.41) is 0. The SMILES string of the molecule is C=CC(=O)OC(c1ccccc1)(c1ccccc1)C(C)(Oc1ccccc1)c1ccccc1. The van der Waals surface area contributed by atoms with Gasteiger partial charge in [-0.25, -0.2) is 4.79 Å². The molecule has 0 fully saturated rings. The summed E-state index contributed by atoms with van der Waals surface area (Å²) in [5.41, 5.74) is -0.0320. The molecule has 0 saturated heterocycles. The van der Waals surface area contributed by atoms with E-state index in [0.29, 0.717) is 5.75 Å². The van der Waals surface area contributed by atoms with Crippen molar-refractivity contribution < 1.29 is 14.3 Å². The number of carbonyl (C=O) groups is 1. The van der Waals surface area contributed by atoms with Crippen LogP contribution in [-0.4, -0.2) is 5.97 Å². The van der Waals surface area contributed by atoms with Crippen LogP contribution in [0.15, 0.2) is 134 Å². The summed E-state index contributed by atoms with van der Waals surface area (Å²) in [5.74, 6) is 0.122. The van der Waals surface area contributed by atoms with Crippen LogP contribution in [0.4, 0.5) is 0 Å². The Morgan fingerprint density at radius 1 is 0.667 bits per heavy atom. The summed E-state index contributed by atoms with van der Waals surface area (Å²) < 4.78 is 13.2. The van der Waals surface area contributed by atoms with E-state index in [4.69, 9.17) is 9.47 Å². The maximum atomic E-state index is 12.9. The lowest BCUT2D eigenvalue weighted by Gasteiger charge is -2.48. The van der Waals surface area contributed by atoms with Crippen molar-refractivity contribution in [3.63, 3.8) is 0 Å². The van der Waals surface area contributed by atoms with E-state index < -0.39 is 17.2 Å². The molecule has 0 aromatic heterocycles. The van der Waals surface area contributed by atoms with Crippen LogP contribution in [-0.2, 0) is 20.7 Å². The molecule has 0 saturated carbocycles. The molecule has 0 aliphatic carbocycles. The van der Waals surface area contributed by atoms with Crippen LogP contribution in [0.2, 0.25) is 0 Å². The maximum Gasteiger partial charge on any atom is 0.331 e. The molecule has 1 unspecified atom stereocenters. The van der Waals surface area contributed by atoms with Crippen molar-refractivity contribution in [1.82, 2.24) is 0 Å². The second-order valence-corrected chi connectivity index (χ2v) is 7.85. The molecule has 0 amide bonds. The van der Waals surface area contributed by atoms with E-state index in [0.717, 1.165) is 16.7 Å². The predicted molar refractivity (Wildman–Crippen MR) is 131 cm³/mol. The van der Waals surface area contributed by atoms with Gasteiger partial charge in [0.2, 0.25) is 5.60 Å². The van der Waals surface area contributed by atoms with Crippen molar-refractivity contribution in [2.75, 3.05) is 0 Å². The van der Waals surface area contributed by atoms with Crippen LogP contribution in [0.5, 0.6) is 5.75 Å². The van der Waals surface area contributed by atoms with Crippen LogP contribution in [0, 0.1) is 0 Å². The van der Waals surface area contributed by atoms with Crippen LogP contribution in [0.1, 0.15) is 23.6 Å². The van der Waals surface area contributed by atoms with Crippen LogP contribution < -0.4 is 4.74 Å². The van der Waals surface area contributed by atoms with Crippen molar-refractivity contribution >= 4 is 5.97 Å². The van der Waals surface area contributed by atoms with Gasteiger partial charge in [-0.15, -0.1) is 0 Å². The van der Waals surface area contributed by atoms with Crippen molar-refractivity contribution in [3.05, 3.63) is 151 Å². The van der Waals surface area contributed by atoms with Crippen molar-refractivity contribution in [1.29, 1.82) is 0 Å². The standard InChI is InChI=1S/C30H26O3/c1-3-28(31)33-30(25-18-10-5-11-19-25,26-20-12-6-13-21-26)29(2,24-16-8-4-9-17-24)32-27-22-14-7-15-23-27/h3-23H,1H2,2H3. The van der Waals surface area contributed by atoms with Gasteiger partial charge in [-0.1, -0.05) is 116 Å². The molecule has 164 valence electrons. The first kappa shape index (κ1) is 22.1. The molecule has 0 bridgehead atoms. The Morgan fingerprint density at radius 3 is 1.48 bits per heavy atom. The lowest BCUT2D eigenvalue weighted by Crippen LogP contribution is -2.54. The number of benzene rings is 4. The smallest absolute Gasteiger partial charge is 0.331 e. The van der Waals surface area contributed by atoms with Gasteiger partial charge in [-0.3, -0.25) is 0 Å². The van der Waals surface area contributed by atoms with Crippen molar-refractivity contribution in [2.24, 2.45) is 0 Å². The summed E-state index contributed by atoms with van der Waals surface area (Å²) in [6.07, 6.45) is 1.19. The average Bonchev–Trinajstić information content (AvgIpc) is 2.89. The average molecular weight is 435 g/mol. The van der Waals surface area contributed by atoms with E-state index in [1.807, 2.05) is 128 Å². The zero-order valence-electron chi connectivity index (χ0n) is 18.6. The van der Waals surface area contributed by atoms with Gasteiger partial charge in [0.1, 0.15) is 5.75 Å². The van der Waals surface area contributed by atoms with Gasteiger partial charge in [0, 0.05) is 17.2 Å². The molecule has 0 heterocycles. The van der Waals surface area contributed by atoms with Gasteiger partial charge in [0.05, 0.1) is 0 Å². The van der Waals surface area contributed by atoms with Gasteiger partial charge in [0.25, 0.3) is 0 Å². The molecule has 4 rings (SSSR count). The van der Waals surface area contributed by atoms with E-state index in [2.05, 4.69) is 6.58 Å². The fourth-order valence-corrected chi connectivity index (χ4v) is 4.29. The Hall–Kier alpha value is -4.11. The molecule has 0 aliphatic rings. The van der Waals surface area contributed by atoms with E-state index in [9.17, 15) is 4.79 Å². The third-order valence-electron chi connectivity index (χ3n) is 5.84. The molecule has 4 aromatic rings. The topological polar surface area (TPSA) is 35.5 Å². The van der Waals surface area contributed by atoms with Crippen LogP contribution in [0.3, 0.4) is 0 Å². The maximum absolute atomic E-state index is 12.9. The van der Waals surface area contributed by atoms with Crippen LogP contribution in [0.25, 0.3) is 0 Å². The van der Waals surface area contributed by atoms with E-state index in [1.165, 1.54) is 6.08 Å². The fourth-order valence-electron chi connectivity index (χ4n) is 4.29. The zero-order valence-corrected chi connectivity index (χ0v) is 18.6. The number of carbonyl (C=O) groups excluding carboxylic acids is 1. The second kappa shape index (κ2) is 9.58. The summed E-state index contributed by atoms with van der Waals surface area (Å²) in [6, 6.07) is 38.9. The quantitative estimate of drug-likeness (QED) is 0.230. The highest BCUT2D eigenvalue weighted by Gasteiger charge is 2.57. The largest absolute Gasteiger partial charge is 0.478 e. The number of hydrogen-bond donors (Lipinski definition) is 0. The Bertz CT molecular complexity index is 1150. The summed E-state index contributed by atoms with van der Waals surface area (Å²) in [6.45, 7) is 5.62. The third kappa shape index (κ3) is 4.18. The monoisotopic (exact) mass is 434 g/mol. The molecular weight excluding hydrogens is 408 g/mol. The molecule has 0 radical (unpaired) electrons. The number of para-hydroxylation sites is 1. The number of ether oxygens (including phenoxy) is 2. The van der Waals surface area contributed by atoms with E-state index in [-0.39, 0.29) is 0 Å². The highest BCUT2D eigenvalue weighted by Crippen LogP contribution is 2.51. The van der Waals surface area contributed by atoms with Gasteiger partial charge < -0.3 is 9.47 Å². The molecule has 33 heavy (non-hydrogen) atoms. The lowest BCUT2D eigenvalue weighted by molar-refractivity contribution is -0.177. The van der Waals surface area contributed by atoms with E-state index in [1.54, 1.807) is 0 Å². The zero-order chi connectivity index (χ0) is 23.2. The third-order valence-corrected chi connectivity index (χ3v) is 5.84. The minimum Gasteiger partial charge on any atom is -0.478 e. The minimum absolute atomic E-state index is 0.540. The predicted octanol–water partition coefficient (Wildman–Crippen LogP) is 6.65. The summed E-state index contributed by atoms with van der Waals surface area (Å²) >= 11 is 0. The molecule has 0 N–H and O–H groups in total. The first-order chi connectivity index (χ1) is 16.1. The molecule has 0 aliphatic heterocycles. The Balaban J connectivity index is 2.09. The first-order valence-electron chi connectivity index (χ1n) is 10.9. The molecule has 0 spiro atoms. The Labute approximate surface area is 194 Å². The molecule has 3 nitrogen and oxygen atoms in total. The second-order valence-electron chi connectivity index (χ2n) is 7.85. The number of rotatable bonds is 8. The highest BCUT2D eigenvalue weighted by molar-refractivity contribution is 5.82. The fraction of sp³-hybridized carbons (Fsp3) is 0.100. The first-order valence-corrected chi connectivity index (χ1v) is 10.9. The highest BCUT2D eigenvalue weighted by atomic mass is 16.6. The van der Waals surface area contributed by atoms with Gasteiger partial charge >= 0.3 is 5.97 Å². The number of hydrogen-bond acceptors (Lipinski definition) is 3. The number of esters is 1. The minimum atomic E-state index is -1.32. The van der Waals surface area contributed by atoms with E-state index >= 15 is 0 Å². The normalized spacial score (nSPS) is 12.9. The van der Waals surface area contributed by atoms with Crippen molar-refractivity contribution in [2.45, 2.75) is 18.1 Å². The Morgan fingerprint density at radius 2 is 1.06 bits per heavy atom. The Kier molecular flexibility index (Phi) is 6.41. The van der Waals surface area contributed by atoms with Crippen LogP contribution >= 0.6 is 0 Å².